The van der Waals surface area contributed by atoms with Gasteiger partial charge in [0.05, 0.1) is 0 Å². The first-order valence-electron chi connectivity index (χ1n) is 4.65. The van der Waals surface area contributed by atoms with Crippen molar-refractivity contribution < 1.29 is 0 Å². The zero-order valence-electron chi connectivity index (χ0n) is 8.78. The highest BCUT2D eigenvalue weighted by Gasteiger charge is 2.08. The Bertz CT molecular complexity index is 290. The summed E-state index contributed by atoms with van der Waals surface area (Å²) in [4.78, 5) is 7.82. The molecule has 0 aliphatic heterocycles. The van der Waals surface area contributed by atoms with Crippen LogP contribution in [0.25, 0.3) is 0 Å². The minimum atomic E-state index is 0.198. The molecule has 78 valence electrons. The Balaban J connectivity index is 2.76. The fourth-order valence-corrected chi connectivity index (χ4v) is 0.959. The molecular weight excluding hydrogens is 178 g/mol. The zero-order valence-corrected chi connectivity index (χ0v) is 8.78. The van der Waals surface area contributed by atoms with Gasteiger partial charge in [-0.15, -0.1) is 0 Å². The molecule has 1 aromatic rings. The maximum absolute atomic E-state index is 5.54. The number of aromatic nitrogens is 2. The summed E-state index contributed by atoms with van der Waals surface area (Å²) in [5.41, 5.74) is 11.0. The lowest BCUT2D eigenvalue weighted by atomic mass is 10.1. The van der Waals surface area contributed by atoms with Gasteiger partial charge in [0.2, 0.25) is 5.95 Å². The molecule has 0 aromatic carbocycles. The summed E-state index contributed by atoms with van der Waals surface area (Å²) >= 11 is 0. The van der Waals surface area contributed by atoms with E-state index in [2.05, 4.69) is 36.1 Å². The fraction of sp³-hybridized carbons (Fsp3) is 0.556. The predicted octanol–water partition coefficient (Wildman–Crippen LogP) is 1.10. The molecule has 1 aromatic heterocycles. The summed E-state index contributed by atoms with van der Waals surface area (Å²) in [5.74, 6) is 1.78. The molecule has 1 heterocycles. The maximum atomic E-state index is 5.54. The van der Waals surface area contributed by atoms with E-state index in [9.17, 15) is 0 Å². The van der Waals surface area contributed by atoms with E-state index < -0.39 is 0 Å². The lowest BCUT2D eigenvalue weighted by Crippen LogP contribution is -2.22. The molecule has 5 heteroatoms. The third-order valence-corrected chi connectivity index (χ3v) is 2.14. The van der Waals surface area contributed by atoms with Crippen LogP contribution in [0.5, 0.6) is 0 Å². The Morgan fingerprint density at radius 1 is 1.21 bits per heavy atom. The Kier molecular flexibility index (Phi) is 3.11. The van der Waals surface area contributed by atoms with E-state index in [1.54, 1.807) is 6.07 Å². The van der Waals surface area contributed by atoms with Gasteiger partial charge in [0.25, 0.3) is 0 Å². The average molecular weight is 195 g/mol. The van der Waals surface area contributed by atoms with E-state index in [0.717, 1.165) is 0 Å². The molecule has 0 radical (unpaired) electrons. The summed E-state index contributed by atoms with van der Waals surface area (Å²) in [5, 5.41) is 3.21. The molecule has 5 nitrogen and oxygen atoms in total. The largest absolute Gasteiger partial charge is 0.383 e. The number of nitrogens with two attached hydrogens (primary N) is 2. The van der Waals surface area contributed by atoms with Crippen molar-refractivity contribution >= 4 is 17.6 Å². The first-order chi connectivity index (χ1) is 6.49. The monoisotopic (exact) mass is 195 g/mol. The number of hydrogen-bond acceptors (Lipinski definition) is 5. The van der Waals surface area contributed by atoms with Crippen molar-refractivity contribution in [1.82, 2.24) is 9.97 Å². The number of nitrogens with one attached hydrogen (secondary N) is 1. The van der Waals surface area contributed by atoms with Crippen LogP contribution >= 0.6 is 0 Å². The number of rotatable bonds is 3. The van der Waals surface area contributed by atoms with Gasteiger partial charge in [-0.1, -0.05) is 13.8 Å². The fourth-order valence-electron chi connectivity index (χ4n) is 0.959. The van der Waals surface area contributed by atoms with Gasteiger partial charge in [-0.3, -0.25) is 0 Å². The van der Waals surface area contributed by atoms with Gasteiger partial charge in [0.1, 0.15) is 11.6 Å². The van der Waals surface area contributed by atoms with Crippen molar-refractivity contribution in [3.63, 3.8) is 0 Å². The summed E-state index contributed by atoms with van der Waals surface area (Å²) < 4.78 is 0. The van der Waals surface area contributed by atoms with Gasteiger partial charge in [0.15, 0.2) is 0 Å². The van der Waals surface area contributed by atoms with Gasteiger partial charge >= 0.3 is 0 Å². The van der Waals surface area contributed by atoms with Crippen LogP contribution in [0.3, 0.4) is 0 Å². The minimum absolute atomic E-state index is 0.198. The number of nitrogen functional groups attached to an aromatic ring is 2. The van der Waals surface area contributed by atoms with Crippen LogP contribution < -0.4 is 16.8 Å². The highest BCUT2D eigenvalue weighted by atomic mass is 15.1. The molecule has 14 heavy (non-hydrogen) atoms. The van der Waals surface area contributed by atoms with Crippen molar-refractivity contribution in [2.45, 2.75) is 26.8 Å². The predicted molar refractivity (Wildman–Crippen MR) is 58.8 cm³/mol. The summed E-state index contributed by atoms with van der Waals surface area (Å²) in [7, 11) is 0. The van der Waals surface area contributed by atoms with Crippen LogP contribution in [-0.2, 0) is 0 Å². The van der Waals surface area contributed by atoms with E-state index in [4.69, 9.17) is 11.5 Å². The van der Waals surface area contributed by atoms with Crippen molar-refractivity contribution in [3.8, 4) is 0 Å². The summed E-state index contributed by atoms with van der Waals surface area (Å²) in [6.07, 6.45) is 0. The summed E-state index contributed by atoms with van der Waals surface area (Å²) in [6.45, 7) is 6.34. The molecule has 1 rings (SSSR count). The SMILES string of the molecule is CC(C)C(C)Nc1cc(N)nc(N)n1. The molecular formula is C9H17N5. The second-order valence-corrected chi connectivity index (χ2v) is 3.71. The highest BCUT2D eigenvalue weighted by Crippen LogP contribution is 2.13. The highest BCUT2D eigenvalue weighted by molar-refractivity contribution is 5.48. The molecule has 1 atom stereocenters. The molecule has 0 saturated heterocycles. The van der Waals surface area contributed by atoms with Crippen LogP contribution in [0.2, 0.25) is 0 Å². The van der Waals surface area contributed by atoms with Crippen LogP contribution in [0, 0.1) is 5.92 Å². The molecule has 5 N–H and O–H groups in total. The number of hydrogen-bond donors (Lipinski definition) is 3. The molecule has 0 aliphatic rings. The van der Waals surface area contributed by atoms with Crippen LogP contribution in [-0.4, -0.2) is 16.0 Å². The standard InChI is InChI=1S/C9H17N5/c1-5(2)6(3)12-8-4-7(10)13-9(11)14-8/h4-6H,1-3H3,(H5,10,11,12,13,14). The smallest absolute Gasteiger partial charge is 0.223 e. The van der Waals surface area contributed by atoms with E-state index in [1.807, 2.05) is 0 Å². The first-order valence-corrected chi connectivity index (χ1v) is 4.65. The average Bonchev–Trinajstić information content (AvgIpc) is 2.01. The Hall–Kier alpha value is -1.52. The molecule has 0 spiro atoms. The van der Waals surface area contributed by atoms with Crippen LogP contribution in [0.1, 0.15) is 20.8 Å². The maximum Gasteiger partial charge on any atom is 0.223 e. The molecule has 0 saturated carbocycles. The van der Waals surface area contributed by atoms with Crippen molar-refractivity contribution in [1.29, 1.82) is 0 Å². The molecule has 0 aliphatic carbocycles. The van der Waals surface area contributed by atoms with Crippen LogP contribution in [0.15, 0.2) is 6.07 Å². The first kappa shape index (κ1) is 10.6. The Morgan fingerprint density at radius 2 is 1.86 bits per heavy atom. The number of nitrogens with zero attached hydrogens (tertiary/aromatic N) is 2. The third kappa shape index (κ3) is 2.76. The van der Waals surface area contributed by atoms with E-state index in [-0.39, 0.29) is 5.95 Å². The minimum Gasteiger partial charge on any atom is -0.383 e. The van der Waals surface area contributed by atoms with E-state index in [0.29, 0.717) is 23.6 Å². The van der Waals surface area contributed by atoms with Crippen LogP contribution in [0.4, 0.5) is 17.6 Å². The van der Waals surface area contributed by atoms with Crippen molar-refractivity contribution in [2.24, 2.45) is 5.92 Å². The van der Waals surface area contributed by atoms with Gasteiger partial charge in [-0.25, -0.2) is 0 Å². The zero-order chi connectivity index (χ0) is 10.7. The topological polar surface area (TPSA) is 89.8 Å². The van der Waals surface area contributed by atoms with E-state index in [1.165, 1.54) is 0 Å². The van der Waals surface area contributed by atoms with E-state index >= 15 is 0 Å². The lowest BCUT2D eigenvalue weighted by molar-refractivity contribution is 0.558. The molecule has 0 bridgehead atoms. The van der Waals surface area contributed by atoms with Crippen molar-refractivity contribution in [3.05, 3.63) is 6.07 Å². The molecule has 1 unspecified atom stereocenters. The van der Waals surface area contributed by atoms with Crippen molar-refractivity contribution in [2.75, 3.05) is 16.8 Å². The van der Waals surface area contributed by atoms with Gasteiger partial charge in [0, 0.05) is 12.1 Å². The van der Waals surface area contributed by atoms with Gasteiger partial charge < -0.3 is 16.8 Å². The third-order valence-electron chi connectivity index (χ3n) is 2.14. The Morgan fingerprint density at radius 3 is 2.36 bits per heavy atom. The lowest BCUT2D eigenvalue weighted by Gasteiger charge is -2.18. The van der Waals surface area contributed by atoms with Gasteiger partial charge in [-0.2, -0.15) is 9.97 Å². The normalized spacial score (nSPS) is 12.9. The Labute approximate surface area is 83.9 Å². The van der Waals surface area contributed by atoms with Gasteiger partial charge in [-0.05, 0) is 12.8 Å². The summed E-state index contributed by atoms with van der Waals surface area (Å²) in [6, 6.07) is 2.00. The number of anilines is 3. The molecule has 0 fully saturated rings. The quantitative estimate of drug-likeness (QED) is 0.672. The second-order valence-electron chi connectivity index (χ2n) is 3.71. The second kappa shape index (κ2) is 4.13. The molecule has 0 amide bonds.